The van der Waals surface area contributed by atoms with E-state index in [4.69, 9.17) is 27.0 Å². The van der Waals surface area contributed by atoms with E-state index in [9.17, 15) is 14.9 Å². The summed E-state index contributed by atoms with van der Waals surface area (Å²) in [7, 11) is 0. The van der Waals surface area contributed by atoms with Crippen LogP contribution in [0.1, 0.15) is 6.92 Å². The van der Waals surface area contributed by atoms with Crippen molar-refractivity contribution in [2.45, 2.75) is 6.92 Å². The van der Waals surface area contributed by atoms with Gasteiger partial charge in [0, 0.05) is 17.8 Å². The predicted molar refractivity (Wildman–Crippen MR) is 71.1 cm³/mol. The van der Waals surface area contributed by atoms with Crippen molar-refractivity contribution in [1.82, 2.24) is 0 Å². The molecule has 1 atom stereocenters. The summed E-state index contributed by atoms with van der Waals surface area (Å²) >= 11 is 5.78. The summed E-state index contributed by atoms with van der Waals surface area (Å²) in [4.78, 5) is 21.6. The first-order valence-electron chi connectivity index (χ1n) is 5.41. The minimum atomic E-state index is -1.16. The van der Waals surface area contributed by atoms with Gasteiger partial charge in [-0.15, -0.1) is 0 Å². The number of hydrogen-bond donors (Lipinski definition) is 1. The lowest BCUT2D eigenvalue weighted by molar-refractivity contribution is -0.384. The molecule has 0 aliphatic carbocycles. The van der Waals surface area contributed by atoms with E-state index in [1.54, 1.807) is 6.07 Å². The first kappa shape index (κ1) is 15.6. The lowest BCUT2D eigenvalue weighted by Crippen LogP contribution is -2.25. The van der Waals surface area contributed by atoms with Gasteiger partial charge in [-0.25, -0.2) is 0 Å². The number of carbonyl (C=O) groups excluding carboxylic acids is 1. The minimum Gasteiger partial charge on any atom is -0.484 e. The molecule has 0 aliphatic heterocycles. The van der Waals surface area contributed by atoms with Crippen LogP contribution in [0.5, 0.6) is 5.75 Å². The van der Waals surface area contributed by atoms with Crippen LogP contribution >= 0.6 is 11.6 Å². The molecule has 7 nitrogen and oxygen atoms in total. The Labute approximate surface area is 119 Å². The Morgan fingerprint density at radius 2 is 2.30 bits per heavy atom. The van der Waals surface area contributed by atoms with E-state index in [1.807, 2.05) is 0 Å². The number of ether oxygens (including phenoxy) is 1. The summed E-state index contributed by atoms with van der Waals surface area (Å²) in [5.74, 6) is -1.63. The SMILES string of the molecule is CC(=N)C(C#N)C(=O)COc1ccc([N+](=O)[O-])cc1Cl. The predicted octanol–water partition coefficient (Wildman–Crippen LogP) is 2.38. The van der Waals surface area contributed by atoms with Crippen LogP contribution in [-0.2, 0) is 4.79 Å². The van der Waals surface area contributed by atoms with Crippen LogP contribution in [0.15, 0.2) is 18.2 Å². The number of rotatable bonds is 6. The van der Waals surface area contributed by atoms with Gasteiger partial charge in [-0.1, -0.05) is 11.6 Å². The van der Waals surface area contributed by atoms with E-state index in [0.717, 1.165) is 6.07 Å². The topological polar surface area (TPSA) is 117 Å². The molecule has 8 heteroatoms. The summed E-state index contributed by atoms with van der Waals surface area (Å²) in [6.45, 7) is 0.913. The zero-order valence-electron chi connectivity index (χ0n) is 10.4. The normalized spacial score (nSPS) is 11.2. The second-order valence-electron chi connectivity index (χ2n) is 3.87. The van der Waals surface area contributed by atoms with Crippen molar-refractivity contribution in [2.75, 3.05) is 6.61 Å². The molecule has 104 valence electrons. The second kappa shape index (κ2) is 6.63. The maximum absolute atomic E-state index is 11.6. The number of ketones is 1. The minimum absolute atomic E-state index is 0.00733. The van der Waals surface area contributed by atoms with E-state index < -0.39 is 23.2 Å². The second-order valence-corrected chi connectivity index (χ2v) is 4.28. The molecule has 0 bridgehead atoms. The van der Waals surface area contributed by atoms with Crippen LogP contribution in [0.4, 0.5) is 5.69 Å². The van der Waals surface area contributed by atoms with E-state index in [-0.39, 0.29) is 22.2 Å². The van der Waals surface area contributed by atoms with Gasteiger partial charge in [-0.05, 0) is 13.0 Å². The zero-order chi connectivity index (χ0) is 15.3. The summed E-state index contributed by atoms with van der Waals surface area (Å²) in [5, 5.41) is 26.5. The molecule has 0 aromatic heterocycles. The molecule has 0 saturated heterocycles. The quantitative estimate of drug-likeness (QED) is 0.491. The third-order valence-electron chi connectivity index (χ3n) is 2.38. The van der Waals surface area contributed by atoms with E-state index >= 15 is 0 Å². The standard InChI is InChI=1S/C12H10ClN3O4/c1-7(15)9(5-14)11(17)6-20-12-3-2-8(16(18)19)4-10(12)13/h2-4,9,15H,6H2,1H3. The van der Waals surface area contributed by atoms with Gasteiger partial charge in [0.25, 0.3) is 5.69 Å². The van der Waals surface area contributed by atoms with Gasteiger partial charge in [0.05, 0.1) is 16.0 Å². The highest BCUT2D eigenvalue weighted by atomic mass is 35.5. The van der Waals surface area contributed by atoms with Gasteiger partial charge in [0.1, 0.15) is 18.3 Å². The van der Waals surface area contributed by atoms with Crippen molar-refractivity contribution in [3.63, 3.8) is 0 Å². The van der Waals surface area contributed by atoms with Crippen molar-refractivity contribution >= 4 is 28.8 Å². The highest BCUT2D eigenvalue weighted by molar-refractivity contribution is 6.32. The molecule has 0 heterocycles. The van der Waals surface area contributed by atoms with Crippen molar-refractivity contribution < 1.29 is 14.5 Å². The number of carbonyl (C=O) groups is 1. The fourth-order valence-corrected chi connectivity index (χ4v) is 1.59. The molecule has 0 spiro atoms. The Kier molecular flexibility index (Phi) is 5.17. The number of nitro groups is 1. The first-order chi connectivity index (χ1) is 9.36. The van der Waals surface area contributed by atoms with Gasteiger partial charge < -0.3 is 10.1 Å². The number of nitro benzene ring substituents is 1. The molecule has 20 heavy (non-hydrogen) atoms. The van der Waals surface area contributed by atoms with Gasteiger partial charge >= 0.3 is 0 Å². The maximum atomic E-state index is 11.6. The highest BCUT2D eigenvalue weighted by Gasteiger charge is 2.21. The summed E-state index contributed by atoms with van der Waals surface area (Å²) in [6.07, 6.45) is 0. The number of nitrogens with zero attached hydrogens (tertiary/aromatic N) is 2. The smallest absolute Gasteiger partial charge is 0.271 e. The number of benzene rings is 1. The summed E-state index contributed by atoms with van der Waals surface area (Å²) in [6, 6.07) is 5.26. The molecule has 1 aromatic carbocycles. The van der Waals surface area contributed by atoms with Crippen LogP contribution in [-0.4, -0.2) is 23.0 Å². The van der Waals surface area contributed by atoms with Crippen molar-refractivity contribution in [2.24, 2.45) is 5.92 Å². The monoisotopic (exact) mass is 295 g/mol. The van der Waals surface area contributed by atoms with Gasteiger partial charge in [0.15, 0.2) is 5.78 Å². The Balaban J connectivity index is 2.76. The number of halogens is 1. The molecule has 0 saturated carbocycles. The van der Waals surface area contributed by atoms with Crippen molar-refractivity contribution in [3.05, 3.63) is 33.3 Å². The molecular weight excluding hydrogens is 286 g/mol. The fourth-order valence-electron chi connectivity index (χ4n) is 1.36. The molecule has 1 N–H and O–H groups in total. The summed E-state index contributed by atoms with van der Waals surface area (Å²) < 4.78 is 5.11. The first-order valence-corrected chi connectivity index (χ1v) is 5.78. The molecule has 0 radical (unpaired) electrons. The largest absolute Gasteiger partial charge is 0.484 e. The Bertz CT molecular complexity index is 609. The molecule has 1 rings (SSSR count). The van der Waals surface area contributed by atoms with E-state index in [0.29, 0.717) is 0 Å². The van der Waals surface area contributed by atoms with Crippen LogP contribution in [0, 0.1) is 32.8 Å². The van der Waals surface area contributed by atoms with Crippen LogP contribution in [0.25, 0.3) is 0 Å². The zero-order valence-corrected chi connectivity index (χ0v) is 11.2. The number of non-ortho nitro benzene ring substituents is 1. The third kappa shape index (κ3) is 3.76. The third-order valence-corrected chi connectivity index (χ3v) is 2.68. The Morgan fingerprint density at radius 1 is 1.65 bits per heavy atom. The molecule has 1 aromatic rings. The average Bonchev–Trinajstić information content (AvgIpc) is 2.37. The fraction of sp³-hybridized carbons (Fsp3) is 0.250. The lowest BCUT2D eigenvalue weighted by Gasteiger charge is -2.09. The maximum Gasteiger partial charge on any atom is 0.271 e. The van der Waals surface area contributed by atoms with E-state index in [1.165, 1.54) is 19.1 Å². The molecular formula is C12H10ClN3O4. The lowest BCUT2D eigenvalue weighted by atomic mass is 10.0. The number of hydrogen-bond acceptors (Lipinski definition) is 6. The highest BCUT2D eigenvalue weighted by Crippen LogP contribution is 2.28. The van der Waals surface area contributed by atoms with Gasteiger partial charge in [0.2, 0.25) is 0 Å². The Morgan fingerprint density at radius 3 is 2.75 bits per heavy atom. The summed E-state index contributed by atoms with van der Waals surface area (Å²) in [5.41, 5.74) is -0.269. The van der Waals surface area contributed by atoms with Gasteiger partial charge in [-0.2, -0.15) is 5.26 Å². The van der Waals surface area contributed by atoms with Crippen LogP contribution in [0.3, 0.4) is 0 Å². The number of nitrogens with one attached hydrogen (secondary N) is 1. The molecule has 0 aliphatic rings. The van der Waals surface area contributed by atoms with Gasteiger partial charge in [-0.3, -0.25) is 14.9 Å². The molecule has 0 amide bonds. The van der Waals surface area contributed by atoms with E-state index in [2.05, 4.69) is 0 Å². The number of nitriles is 1. The Hall–Kier alpha value is -2.46. The van der Waals surface area contributed by atoms with Crippen LogP contribution < -0.4 is 4.74 Å². The average molecular weight is 296 g/mol. The van der Waals surface area contributed by atoms with Crippen molar-refractivity contribution in [3.8, 4) is 11.8 Å². The van der Waals surface area contributed by atoms with Crippen molar-refractivity contribution in [1.29, 1.82) is 10.7 Å². The number of Topliss-reactive ketones (excluding diaryl/α,β-unsaturated/α-hetero) is 1. The molecule has 0 fully saturated rings. The molecule has 1 unspecified atom stereocenters. The van der Waals surface area contributed by atoms with Crippen LogP contribution in [0.2, 0.25) is 5.02 Å².